The second kappa shape index (κ2) is 6.52. The molecule has 2 nitrogen and oxygen atoms in total. The van der Waals surface area contributed by atoms with Crippen molar-refractivity contribution in [1.29, 1.82) is 0 Å². The lowest BCUT2D eigenvalue weighted by Crippen LogP contribution is -2.15. The third-order valence-corrected chi connectivity index (χ3v) is 4.80. The largest absolute Gasteiger partial charge is 0.489 e. The molecule has 0 radical (unpaired) electrons. The summed E-state index contributed by atoms with van der Waals surface area (Å²) in [6.07, 6.45) is 1.11. The van der Waals surface area contributed by atoms with E-state index in [0.29, 0.717) is 6.61 Å². The Morgan fingerprint density at radius 3 is 2.33 bits per heavy atom. The van der Waals surface area contributed by atoms with Crippen LogP contribution in [0.1, 0.15) is 38.3 Å². The van der Waals surface area contributed by atoms with E-state index in [4.69, 9.17) is 10.5 Å². The summed E-state index contributed by atoms with van der Waals surface area (Å²) in [7, 11) is 0. The third-order valence-electron chi connectivity index (χ3n) is 4.06. The zero-order valence-electron chi connectivity index (χ0n) is 12.8. The first kappa shape index (κ1) is 15.9. The van der Waals surface area contributed by atoms with Gasteiger partial charge in [0.05, 0.1) is 0 Å². The number of rotatable bonds is 5. The number of nitrogen functional groups attached to an aromatic ring is 1. The molecule has 0 saturated carbocycles. The average molecular weight is 348 g/mol. The van der Waals surface area contributed by atoms with Gasteiger partial charge < -0.3 is 10.5 Å². The Bertz CT molecular complexity index is 585. The average Bonchev–Trinajstić information content (AvgIpc) is 2.47. The summed E-state index contributed by atoms with van der Waals surface area (Å²) in [4.78, 5) is 0. The molecule has 0 saturated heterocycles. The summed E-state index contributed by atoms with van der Waals surface area (Å²) in [6, 6.07) is 14.1. The Morgan fingerprint density at radius 2 is 1.76 bits per heavy atom. The molecule has 2 rings (SSSR count). The SMILES string of the molecule is CCC(C)(C)c1ccc(OCc2c(N)cccc2Br)cc1. The fraction of sp³-hybridized carbons (Fsp3) is 0.333. The number of hydrogen-bond acceptors (Lipinski definition) is 2. The number of ether oxygens (including phenoxy) is 1. The van der Waals surface area contributed by atoms with E-state index >= 15 is 0 Å². The van der Waals surface area contributed by atoms with Crippen molar-refractivity contribution < 1.29 is 4.74 Å². The van der Waals surface area contributed by atoms with Gasteiger partial charge in [-0.15, -0.1) is 0 Å². The Kier molecular flexibility index (Phi) is 4.94. The standard InChI is InChI=1S/C18H22BrNO/c1-4-18(2,3)13-8-10-14(11-9-13)21-12-15-16(19)6-5-7-17(15)20/h5-11H,4,12,20H2,1-3H3. The van der Waals surface area contributed by atoms with Crippen molar-refractivity contribution in [2.24, 2.45) is 0 Å². The van der Waals surface area contributed by atoms with Crippen LogP contribution in [0.3, 0.4) is 0 Å². The highest BCUT2D eigenvalue weighted by atomic mass is 79.9. The normalized spacial score (nSPS) is 11.4. The van der Waals surface area contributed by atoms with Crippen molar-refractivity contribution in [3.8, 4) is 5.75 Å². The van der Waals surface area contributed by atoms with E-state index in [0.717, 1.165) is 27.9 Å². The number of benzene rings is 2. The highest BCUT2D eigenvalue weighted by Crippen LogP contribution is 2.29. The van der Waals surface area contributed by atoms with Crippen LogP contribution < -0.4 is 10.5 Å². The van der Waals surface area contributed by atoms with Gasteiger partial charge in [-0.05, 0) is 41.7 Å². The van der Waals surface area contributed by atoms with Crippen LogP contribution in [0.15, 0.2) is 46.9 Å². The maximum absolute atomic E-state index is 5.97. The van der Waals surface area contributed by atoms with Crippen molar-refractivity contribution >= 4 is 21.6 Å². The molecule has 112 valence electrons. The molecule has 0 amide bonds. The van der Waals surface area contributed by atoms with Crippen LogP contribution in [0.2, 0.25) is 0 Å². The minimum atomic E-state index is 0.200. The van der Waals surface area contributed by atoms with Gasteiger partial charge in [0.1, 0.15) is 12.4 Å². The van der Waals surface area contributed by atoms with E-state index < -0.39 is 0 Å². The maximum atomic E-state index is 5.97. The molecule has 0 bridgehead atoms. The van der Waals surface area contributed by atoms with E-state index in [9.17, 15) is 0 Å². The number of nitrogens with two attached hydrogens (primary N) is 1. The second-order valence-electron chi connectivity index (χ2n) is 5.86. The number of hydrogen-bond donors (Lipinski definition) is 1. The van der Waals surface area contributed by atoms with Crippen molar-refractivity contribution in [3.05, 3.63) is 58.1 Å². The van der Waals surface area contributed by atoms with Crippen molar-refractivity contribution in [1.82, 2.24) is 0 Å². The van der Waals surface area contributed by atoms with Gasteiger partial charge in [-0.1, -0.05) is 54.9 Å². The number of halogens is 1. The zero-order chi connectivity index (χ0) is 15.5. The molecule has 0 aliphatic carbocycles. The molecule has 0 fully saturated rings. The third kappa shape index (κ3) is 3.79. The van der Waals surface area contributed by atoms with Crippen LogP contribution in [0.4, 0.5) is 5.69 Å². The molecule has 2 aromatic carbocycles. The molecule has 0 atom stereocenters. The summed E-state index contributed by atoms with van der Waals surface area (Å²) >= 11 is 3.51. The highest BCUT2D eigenvalue weighted by molar-refractivity contribution is 9.10. The smallest absolute Gasteiger partial charge is 0.119 e. The molecule has 0 aliphatic heterocycles. The van der Waals surface area contributed by atoms with Crippen LogP contribution >= 0.6 is 15.9 Å². The van der Waals surface area contributed by atoms with Crippen LogP contribution in [-0.4, -0.2) is 0 Å². The molecule has 0 spiro atoms. The lowest BCUT2D eigenvalue weighted by Gasteiger charge is -2.23. The van der Waals surface area contributed by atoms with Crippen LogP contribution in [0.5, 0.6) is 5.75 Å². The minimum Gasteiger partial charge on any atom is -0.489 e. The molecule has 0 aliphatic rings. The quantitative estimate of drug-likeness (QED) is 0.745. The van der Waals surface area contributed by atoms with Gasteiger partial charge in [0.15, 0.2) is 0 Å². The summed E-state index contributed by atoms with van der Waals surface area (Å²) in [5.41, 5.74) is 9.23. The van der Waals surface area contributed by atoms with Crippen LogP contribution in [0, 0.1) is 0 Å². The first-order chi connectivity index (χ1) is 9.94. The summed E-state index contributed by atoms with van der Waals surface area (Å²) in [6.45, 7) is 7.18. The first-order valence-electron chi connectivity index (χ1n) is 7.20. The Morgan fingerprint density at radius 1 is 1.10 bits per heavy atom. The van der Waals surface area contributed by atoms with Gasteiger partial charge in [0, 0.05) is 15.7 Å². The molecule has 2 aromatic rings. The van der Waals surface area contributed by atoms with E-state index in [1.165, 1.54) is 5.56 Å². The maximum Gasteiger partial charge on any atom is 0.119 e. The topological polar surface area (TPSA) is 35.2 Å². The van der Waals surface area contributed by atoms with Crippen molar-refractivity contribution in [2.75, 3.05) is 5.73 Å². The fourth-order valence-corrected chi connectivity index (χ4v) is 2.59. The zero-order valence-corrected chi connectivity index (χ0v) is 14.4. The fourth-order valence-electron chi connectivity index (χ4n) is 2.09. The Hall–Kier alpha value is -1.48. The molecule has 21 heavy (non-hydrogen) atoms. The summed E-state index contributed by atoms with van der Waals surface area (Å²) in [5, 5.41) is 0. The van der Waals surface area contributed by atoms with Gasteiger partial charge in [0.2, 0.25) is 0 Å². The molecule has 0 unspecified atom stereocenters. The van der Waals surface area contributed by atoms with E-state index in [-0.39, 0.29) is 5.41 Å². The molecule has 2 N–H and O–H groups in total. The van der Waals surface area contributed by atoms with E-state index in [2.05, 4.69) is 48.8 Å². The molecular formula is C18H22BrNO. The van der Waals surface area contributed by atoms with Gasteiger partial charge in [0.25, 0.3) is 0 Å². The first-order valence-corrected chi connectivity index (χ1v) is 7.99. The van der Waals surface area contributed by atoms with Crippen LogP contribution in [-0.2, 0) is 12.0 Å². The second-order valence-corrected chi connectivity index (χ2v) is 6.71. The van der Waals surface area contributed by atoms with Crippen molar-refractivity contribution in [3.63, 3.8) is 0 Å². The predicted molar refractivity (Wildman–Crippen MR) is 92.6 cm³/mol. The van der Waals surface area contributed by atoms with Crippen molar-refractivity contribution in [2.45, 2.75) is 39.2 Å². The molecule has 3 heteroatoms. The molecule has 0 heterocycles. The van der Waals surface area contributed by atoms with Crippen LogP contribution in [0.25, 0.3) is 0 Å². The monoisotopic (exact) mass is 347 g/mol. The molecular weight excluding hydrogens is 326 g/mol. The summed E-state index contributed by atoms with van der Waals surface area (Å²) < 4.78 is 6.82. The van der Waals surface area contributed by atoms with Gasteiger partial charge in [-0.2, -0.15) is 0 Å². The van der Waals surface area contributed by atoms with E-state index in [1.54, 1.807) is 0 Å². The molecule has 0 aromatic heterocycles. The minimum absolute atomic E-state index is 0.200. The lowest BCUT2D eigenvalue weighted by atomic mass is 9.82. The van der Waals surface area contributed by atoms with Gasteiger partial charge >= 0.3 is 0 Å². The van der Waals surface area contributed by atoms with E-state index in [1.807, 2.05) is 30.3 Å². The highest BCUT2D eigenvalue weighted by Gasteiger charge is 2.17. The predicted octanol–water partition coefficient (Wildman–Crippen LogP) is 5.30. The van der Waals surface area contributed by atoms with Gasteiger partial charge in [-0.25, -0.2) is 0 Å². The summed E-state index contributed by atoms with van der Waals surface area (Å²) in [5.74, 6) is 0.862. The Balaban J connectivity index is 2.08. The lowest BCUT2D eigenvalue weighted by molar-refractivity contribution is 0.306. The van der Waals surface area contributed by atoms with Gasteiger partial charge in [-0.3, -0.25) is 0 Å². The Labute approximate surface area is 135 Å². The number of anilines is 1.